The molecule has 1 aliphatic carbocycles. The first-order valence-electron chi connectivity index (χ1n) is 10.8. The standard InChI is InChI=1S/C27H28NO3P/c1-28-26(20-11-5-2-6-12-20)24-18-17-22(27(29)21-13-7-3-8-14-21)19-25(24)32(30,31)23-15-9-4-10-16-23/h2-19,22,24,26-29H,1H3,(H,30,31)/t22-,24+,26-,27-/m1/s1. The lowest BCUT2D eigenvalue weighted by Gasteiger charge is -2.34. The van der Waals surface area contributed by atoms with E-state index in [-0.39, 0.29) is 12.0 Å². The molecule has 0 aliphatic heterocycles. The first-order chi connectivity index (χ1) is 15.5. The first-order valence-corrected chi connectivity index (χ1v) is 12.4. The average molecular weight is 445 g/mol. The minimum absolute atomic E-state index is 0.183. The number of aliphatic hydroxyl groups is 1. The van der Waals surface area contributed by atoms with E-state index < -0.39 is 19.4 Å². The second-order valence-corrected chi connectivity index (χ2v) is 10.2. The monoisotopic (exact) mass is 445 g/mol. The van der Waals surface area contributed by atoms with Gasteiger partial charge in [0.1, 0.15) is 0 Å². The van der Waals surface area contributed by atoms with E-state index in [0.29, 0.717) is 10.6 Å². The number of hydrogen-bond acceptors (Lipinski definition) is 3. The zero-order valence-electron chi connectivity index (χ0n) is 18.0. The molecule has 3 N–H and O–H groups in total. The highest BCUT2D eigenvalue weighted by molar-refractivity contribution is 7.70. The summed E-state index contributed by atoms with van der Waals surface area (Å²) < 4.78 is 13.9. The highest BCUT2D eigenvalue weighted by Crippen LogP contribution is 2.56. The summed E-state index contributed by atoms with van der Waals surface area (Å²) in [7, 11) is -2.01. The summed E-state index contributed by atoms with van der Waals surface area (Å²) in [5.74, 6) is -0.737. The van der Waals surface area contributed by atoms with Crippen molar-refractivity contribution in [3.8, 4) is 0 Å². The minimum atomic E-state index is -3.87. The Balaban J connectivity index is 1.79. The van der Waals surface area contributed by atoms with Crippen molar-refractivity contribution in [2.24, 2.45) is 11.8 Å². The number of benzene rings is 3. The van der Waals surface area contributed by atoms with Crippen molar-refractivity contribution in [3.63, 3.8) is 0 Å². The van der Waals surface area contributed by atoms with E-state index in [0.717, 1.165) is 11.1 Å². The van der Waals surface area contributed by atoms with Crippen LogP contribution < -0.4 is 10.6 Å². The molecule has 5 atom stereocenters. The van der Waals surface area contributed by atoms with Crippen LogP contribution in [-0.4, -0.2) is 17.0 Å². The van der Waals surface area contributed by atoms with Gasteiger partial charge < -0.3 is 15.3 Å². The summed E-state index contributed by atoms with van der Waals surface area (Å²) in [6, 6.07) is 27.9. The molecule has 0 spiro atoms. The Morgan fingerprint density at radius 2 is 1.34 bits per heavy atom. The Hall–Kier alpha value is -2.75. The molecule has 3 aromatic rings. The maximum Gasteiger partial charge on any atom is 0.255 e. The van der Waals surface area contributed by atoms with Crippen LogP contribution in [0.25, 0.3) is 0 Å². The van der Waals surface area contributed by atoms with Crippen LogP contribution in [0, 0.1) is 11.8 Å². The molecule has 1 unspecified atom stereocenters. The topological polar surface area (TPSA) is 69.6 Å². The maximum absolute atomic E-state index is 13.9. The predicted octanol–water partition coefficient (Wildman–Crippen LogP) is 4.96. The van der Waals surface area contributed by atoms with Gasteiger partial charge in [0, 0.05) is 28.5 Å². The van der Waals surface area contributed by atoms with Gasteiger partial charge in [-0.25, -0.2) is 0 Å². The number of nitrogens with one attached hydrogen (secondary N) is 1. The summed E-state index contributed by atoms with van der Waals surface area (Å²) in [6.07, 6.45) is 4.91. The highest BCUT2D eigenvalue weighted by atomic mass is 31.2. The lowest BCUT2D eigenvalue weighted by Crippen LogP contribution is -2.29. The quantitative estimate of drug-likeness (QED) is 0.355. The zero-order valence-corrected chi connectivity index (χ0v) is 18.8. The lowest BCUT2D eigenvalue weighted by molar-refractivity contribution is 0.149. The van der Waals surface area contributed by atoms with Crippen LogP contribution >= 0.6 is 7.37 Å². The molecular weight excluding hydrogens is 417 g/mol. The van der Waals surface area contributed by atoms with Crippen molar-refractivity contribution in [3.05, 3.63) is 126 Å². The molecule has 32 heavy (non-hydrogen) atoms. The van der Waals surface area contributed by atoms with Gasteiger partial charge in [-0.05, 0) is 30.3 Å². The third-order valence-corrected chi connectivity index (χ3v) is 8.18. The smallest absolute Gasteiger partial charge is 0.255 e. The molecule has 0 amide bonds. The van der Waals surface area contributed by atoms with Crippen molar-refractivity contribution in [2.75, 3.05) is 7.05 Å². The minimum Gasteiger partial charge on any atom is -0.387 e. The molecule has 0 aromatic heterocycles. The number of rotatable bonds is 7. The molecule has 0 radical (unpaired) electrons. The number of aliphatic hydroxyl groups excluding tert-OH is 1. The normalized spacial score (nSPS) is 21.9. The Bertz CT molecular complexity index is 1130. The second kappa shape index (κ2) is 9.81. The molecule has 0 heterocycles. The van der Waals surface area contributed by atoms with E-state index in [1.165, 1.54) is 0 Å². The first kappa shape index (κ1) is 22.4. The van der Waals surface area contributed by atoms with Crippen molar-refractivity contribution >= 4 is 12.7 Å². The van der Waals surface area contributed by atoms with Gasteiger partial charge in [-0.15, -0.1) is 0 Å². The van der Waals surface area contributed by atoms with Gasteiger partial charge in [0.2, 0.25) is 0 Å². The van der Waals surface area contributed by atoms with Gasteiger partial charge in [-0.1, -0.05) is 97.1 Å². The lowest BCUT2D eigenvalue weighted by atomic mass is 9.84. The van der Waals surface area contributed by atoms with Gasteiger partial charge in [0.05, 0.1) is 6.10 Å². The van der Waals surface area contributed by atoms with Gasteiger partial charge in [0.25, 0.3) is 7.37 Å². The molecule has 0 fully saturated rings. The van der Waals surface area contributed by atoms with Crippen LogP contribution in [0.3, 0.4) is 0 Å². The third-order valence-electron chi connectivity index (χ3n) is 6.04. The molecular formula is C27H28NO3P. The maximum atomic E-state index is 13.9. The van der Waals surface area contributed by atoms with Gasteiger partial charge in [0.15, 0.2) is 0 Å². The Morgan fingerprint density at radius 1 is 0.812 bits per heavy atom. The molecule has 5 heteroatoms. The largest absolute Gasteiger partial charge is 0.387 e. The van der Waals surface area contributed by atoms with E-state index in [2.05, 4.69) is 5.32 Å². The van der Waals surface area contributed by atoms with Crippen LogP contribution in [0.5, 0.6) is 0 Å². The average Bonchev–Trinajstić information content (AvgIpc) is 2.86. The van der Waals surface area contributed by atoms with E-state index >= 15 is 0 Å². The van der Waals surface area contributed by atoms with E-state index in [4.69, 9.17) is 0 Å². The van der Waals surface area contributed by atoms with Crippen molar-refractivity contribution in [1.82, 2.24) is 5.32 Å². The zero-order chi connectivity index (χ0) is 22.6. The van der Waals surface area contributed by atoms with Crippen LogP contribution in [0.2, 0.25) is 0 Å². The summed E-state index contributed by atoms with van der Waals surface area (Å²) >= 11 is 0. The fourth-order valence-corrected chi connectivity index (χ4v) is 6.25. The van der Waals surface area contributed by atoms with Gasteiger partial charge in [-0.2, -0.15) is 0 Å². The van der Waals surface area contributed by atoms with Crippen molar-refractivity contribution in [2.45, 2.75) is 12.1 Å². The van der Waals surface area contributed by atoms with Crippen LogP contribution in [0.4, 0.5) is 0 Å². The molecule has 1 aliphatic rings. The second-order valence-electron chi connectivity index (χ2n) is 8.02. The van der Waals surface area contributed by atoms with E-state index in [9.17, 15) is 14.6 Å². The predicted molar refractivity (Wildman–Crippen MR) is 130 cm³/mol. The van der Waals surface area contributed by atoms with E-state index in [1.807, 2.05) is 85.9 Å². The SMILES string of the molecule is CN[C@H](c1ccccc1)[C@H]1C=C[C@@H]([C@H](O)c2ccccc2)C=C1P(=O)(O)c1ccccc1. The van der Waals surface area contributed by atoms with Crippen LogP contribution in [-0.2, 0) is 4.57 Å². The van der Waals surface area contributed by atoms with Crippen LogP contribution in [0.15, 0.2) is 115 Å². The number of hydrogen-bond donors (Lipinski definition) is 3. The van der Waals surface area contributed by atoms with Gasteiger partial charge >= 0.3 is 0 Å². The summed E-state index contributed by atoms with van der Waals surface area (Å²) in [6.45, 7) is 0. The molecule has 4 nitrogen and oxygen atoms in total. The summed E-state index contributed by atoms with van der Waals surface area (Å²) in [5, 5.41) is 15.2. The Kier molecular flexibility index (Phi) is 6.88. The molecule has 4 rings (SSSR count). The fourth-order valence-electron chi connectivity index (χ4n) is 4.36. The van der Waals surface area contributed by atoms with Crippen LogP contribution in [0.1, 0.15) is 23.3 Å². The summed E-state index contributed by atoms with van der Waals surface area (Å²) in [5.41, 5.74) is 1.81. The van der Waals surface area contributed by atoms with Crippen molar-refractivity contribution in [1.29, 1.82) is 0 Å². The van der Waals surface area contributed by atoms with Crippen molar-refractivity contribution < 1.29 is 14.6 Å². The molecule has 0 bridgehead atoms. The van der Waals surface area contributed by atoms with Gasteiger partial charge in [-0.3, -0.25) is 4.57 Å². The molecule has 0 saturated carbocycles. The fraction of sp³-hybridized carbons (Fsp3) is 0.185. The van der Waals surface area contributed by atoms with E-state index in [1.54, 1.807) is 30.3 Å². The Morgan fingerprint density at radius 3 is 1.91 bits per heavy atom. The molecule has 0 saturated heterocycles. The third kappa shape index (κ3) is 4.55. The molecule has 3 aromatic carbocycles. The molecule has 164 valence electrons. The highest BCUT2D eigenvalue weighted by Gasteiger charge is 2.38. The summed E-state index contributed by atoms with van der Waals surface area (Å²) in [4.78, 5) is 11.4. The Labute approximate surface area is 189 Å².